The third-order valence-corrected chi connectivity index (χ3v) is 11.4. The van der Waals surface area contributed by atoms with Crippen molar-refractivity contribution < 1.29 is 9.59 Å². The number of hydrogen-bond acceptors (Lipinski definition) is 10. The molecule has 4 aromatic heterocycles. The van der Waals surface area contributed by atoms with Crippen LogP contribution in [0.15, 0.2) is 127 Å². The minimum Gasteiger partial charge on any atom is -0.352 e. The monoisotopic (exact) mass is 809 g/mol. The lowest BCUT2D eigenvalue weighted by molar-refractivity contribution is 0.0746. The molecule has 10 rings (SSSR count). The quantitative estimate of drug-likeness (QED) is 0.191. The highest BCUT2D eigenvalue weighted by Gasteiger charge is 2.25. The molecule has 0 spiro atoms. The highest BCUT2D eigenvalue weighted by molar-refractivity contribution is 5.94. The summed E-state index contributed by atoms with van der Waals surface area (Å²) in [5, 5.41) is 30.5. The largest absolute Gasteiger partial charge is 0.352 e. The van der Waals surface area contributed by atoms with Gasteiger partial charge in [0.2, 0.25) is 0 Å². The number of benzene rings is 4. The lowest BCUT2D eigenvalue weighted by Crippen LogP contribution is -2.50. The van der Waals surface area contributed by atoms with Crippen LogP contribution in [-0.2, 0) is 6.42 Å². The molecule has 3 amide bonds. The van der Waals surface area contributed by atoms with Gasteiger partial charge in [0.05, 0.1) is 0 Å². The number of nitrogens with zero attached hydrogens (tertiary/aromatic N) is 12. The molecular weight excluding hydrogens is 767 g/mol. The summed E-state index contributed by atoms with van der Waals surface area (Å²) in [6.07, 6.45) is 0.641. The van der Waals surface area contributed by atoms with Gasteiger partial charge in [-0.2, -0.15) is 9.03 Å². The van der Waals surface area contributed by atoms with Gasteiger partial charge >= 0.3 is 6.03 Å². The molecule has 2 saturated heterocycles. The number of carbonyl (C=O) groups excluding carboxylic acids is 2. The molecule has 15 heteroatoms. The summed E-state index contributed by atoms with van der Waals surface area (Å²) in [6.45, 7) is 6.99. The van der Waals surface area contributed by atoms with Crippen LogP contribution in [0.25, 0.3) is 34.1 Å². The fraction of sp³-hybridized carbons (Fsp3) is 0.217. The van der Waals surface area contributed by atoms with E-state index in [0.717, 1.165) is 45.1 Å². The van der Waals surface area contributed by atoms with Crippen molar-refractivity contribution in [1.29, 1.82) is 0 Å². The molecule has 0 radical (unpaired) electrons. The van der Waals surface area contributed by atoms with Crippen molar-refractivity contribution in [2.75, 3.05) is 67.5 Å². The summed E-state index contributed by atoms with van der Waals surface area (Å²) >= 11 is 0. The summed E-state index contributed by atoms with van der Waals surface area (Å²) in [4.78, 5) is 34.9. The SMILES string of the molecule is Cc1ccc(NC(=O)N2CCN(c3ccc4nnc(-c5cccc(Cc6cccc(C(=O)N7CCN(c8ccc9nnc(-c%10ccccc%10)n9n8)CC7)c6)c5)n4n3)CC2)cc1. The molecule has 6 heterocycles. The Kier molecular flexibility index (Phi) is 9.96. The average Bonchev–Trinajstić information content (AvgIpc) is 3.94. The molecule has 15 nitrogen and oxygen atoms in total. The van der Waals surface area contributed by atoms with Crippen molar-refractivity contribution in [2.24, 2.45) is 0 Å². The van der Waals surface area contributed by atoms with E-state index in [2.05, 4.69) is 53.7 Å². The Labute approximate surface area is 351 Å². The molecule has 2 aliphatic rings. The molecule has 2 aliphatic heterocycles. The number of rotatable bonds is 8. The van der Waals surface area contributed by atoms with Gasteiger partial charge in [0.15, 0.2) is 22.9 Å². The molecule has 8 aromatic rings. The van der Waals surface area contributed by atoms with Crippen LogP contribution >= 0.6 is 0 Å². The van der Waals surface area contributed by atoms with Crippen LogP contribution in [0.2, 0.25) is 0 Å². The number of fused-ring (bicyclic) bond motifs is 2. The number of aryl methyl sites for hydroxylation is 1. The number of anilines is 3. The van der Waals surface area contributed by atoms with Crippen molar-refractivity contribution in [3.63, 3.8) is 0 Å². The second-order valence-electron chi connectivity index (χ2n) is 15.5. The van der Waals surface area contributed by atoms with Crippen LogP contribution in [-0.4, -0.2) is 114 Å². The lowest BCUT2D eigenvalue weighted by Gasteiger charge is -2.35. The first-order valence-electron chi connectivity index (χ1n) is 20.5. The molecule has 0 bridgehead atoms. The third-order valence-electron chi connectivity index (χ3n) is 11.4. The predicted molar refractivity (Wildman–Crippen MR) is 234 cm³/mol. The van der Waals surface area contributed by atoms with Crippen molar-refractivity contribution in [2.45, 2.75) is 13.3 Å². The van der Waals surface area contributed by atoms with Gasteiger partial charge in [-0.25, -0.2) is 4.79 Å². The zero-order valence-corrected chi connectivity index (χ0v) is 33.7. The first-order valence-corrected chi connectivity index (χ1v) is 20.5. The molecule has 1 N–H and O–H groups in total. The summed E-state index contributed by atoms with van der Waals surface area (Å²) in [6, 6.07) is 41.6. The topological polar surface area (TPSA) is 145 Å². The summed E-state index contributed by atoms with van der Waals surface area (Å²) in [5.41, 5.74) is 7.91. The van der Waals surface area contributed by atoms with Crippen LogP contribution in [0.4, 0.5) is 22.1 Å². The highest BCUT2D eigenvalue weighted by atomic mass is 16.2. The first-order chi connectivity index (χ1) is 29.9. The summed E-state index contributed by atoms with van der Waals surface area (Å²) in [7, 11) is 0. The van der Waals surface area contributed by atoms with Crippen molar-refractivity contribution >= 4 is 40.6 Å². The minimum atomic E-state index is -0.101. The predicted octanol–water partition coefficient (Wildman–Crippen LogP) is 6.11. The van der Waals surface area contributed by atoms with Gasteiger partial charge in [-0.3, -0.25) is 4.79 Å². The van der Waals surface area contributed by atoms with Gasteiger partial charge in [-0.05, 0) is 79.1 Å². The Bertz CT molecular complexity index is 2860. The van der Waals surface area contributed by atoms with Crippen LogP contribution in [0.5, 0.6) is 0 Å². The van der Waals surface area contributed by atoms with Gasteiger partial charge in [0, 0.05) is 74.7 Å². The average molecular weight is 810 g/mol. The Morgan fingerprint density at radius 1 is 0.541 bits per heavy atom. The Hall–Kier alpha value is -7.68. The number of piperazine rings is 2. The minimum absolute atomic E-state index is 0.0209. The highest BCUT2D eigenvalue weighted by Crippen LogP contribution is 2.25. The van der Waals surface area contributed by atoms with Crippen LogP contribution in [0.1, 0.15) is 27.0 Å². The van der Waals surface area contributed by atoms with E-state index in [1.807, 2.05) is 126 Å². The maximum atomic E-state index is 13.8. The molecule has 0 saturated carbocycles. The van der Waals surface area contributed by atoms with Gasteiger partial charge in [-0.1, -0.05) is 78.4 Å². The molecule has 0 unspecified atom stereocenters. The number of amides is 3. The Balaban J connectivity index is 0.777. The van der Waals surface area contributed by atoms with Gasteiger partial charge in [-0.15, -0.1) is 30.6 Å². The number of nitrogens with one attached hydrogen (secondary N) is 1. The zero-order chi connectivity index (χ0) is 41.3. The number of aromatic nitrogens is 8. The Morgan fingerprint density at radius 3 is 1.74 bits per heavy atom. The number of hydrogen-bond donors (Lipinski definition) is 1. The second-order valence-corrected chi connectivity index (χ2v) is 15.5. The first kappa shape index (κ1) is 37.6. The zero-order valence-electron chi connectivity index (χ0n) is 33.7. The fourth-order valence-corrected chi connectivity index (χ4v) is 8.01. The molecule has 0 atom stereocenters. The molecule has 61 heavy (non-hydrogen) atoms. The smallest absolute Gasteiger partial charge is 0.321 e. The number of urea groups is 1. The Morgan fingerprint density at radius 2 is 1.10 bits per heavy atom. The summed E-state index contributed by atoms with van der Waals surface area (Å²) < 4.78 is 3.57. The maximum absolute atomic E-state index is 13.8. The van der Waals surface area contributed by atoms with Crippen LogP contribution < -0.4 is 15.1 Å². The van der Waals surface area contributed by atoms with E-state index in [0.29, 0.717) is 87.3 Å². The van der Waals surface area contributed by atoms with Crippen molar-refractivity contribution in [1.82, 2.24) is 49.4 Å². The van der Waals surface area contributed by atoms with E-state index in [9.17, 15) is 9.59 Å². The van der Waals surface area contributed by atoms with E-state index >= 15 is 0 Å². The van der Waals surface area contributed by atoms with Crippen molar-refractivity contribution in [3.05, 3.63) is 150 Å². The normalized spacial score (nSPS) is 14.5. The molecule has 2 fully saturated rings. The van der Waals surface area contributed by atoms with E-state index in [-0.39, 0.29) is 11.9 Å². The van der Waals surface area contributed by atoms with Gasteiger partial charge in [0.1, 0.15) is 11.6 Å². The van der Waals surface area contributed by atoms with Gasteiger partial charge < -0.3 is 24.9 Å². The number of carbonyl (C=O) groups is 2. The molecular formula is C46H43N13O2. The van der Waals surface area contributed by atoms with E-state index in [1.165, 1.54) is 0 Å². The molecule has 4 aromatic carbocycles. The van der Waals surface area contributed by atoms with Crippen LogP contribution in [0.3, 0.4) is 0 Å². The molecule has 304 valence electrons. The van der Waals surface area contributed by atoms with E-state index < -0.39 is 0 Å². The summed E-state index contributed by atoms with van der Waals surface area (Å²) in [5.74, 6) is 2.99. The van der Waals surface area contributed by atoms with Crippen LogP contribution in [0, 0.1) is 6.92 Å². The van der Waals surface area contributed by atoms with E-state index in [4.69, 9.17) is 10.2 Å². The lowest BCUT2D eigenvalue weighted by atomic mass is 10.0. The second kappa shape index (κ2) is 16.2. The molecule has 0 aliphatic carbocycles. The van der Waals surface area contributed by atoms with Gasteiger partial charge in [0.25, 0.3) is 5.91 Å². The fourth-order valence-electron chi connectivity index (χ4n) is 8.01. The van der Waals surface area contributed by atoms with Crippen molar-refractivity contribution in [3.8, 4) is 22.8 Å². The van der Waals surface area contributed by atoms with E-state index in [1.54, 1.807) is 9.03 Å². The standard InChI is InChI=1S/C46H43N13O2/c1-32-13-15-38(16-14-32)47-46(61)57-27-23-55(24-28-57)42-20-18-40-49-51-44(59(40)53-42)36-11-5-7-33(30-36)29-34-8-6-12-37(31-34)45(60)56-25-21-54(22-26-56)41-19-17-39-48-50-43(58(39)52-41)35-9-3-2-4-10-35/h2-20,30-31H,21-29H2,1H3,(H,47,61). The maximum Gasteiger partial charge on any atom is 0.321 e. The third kappa shape index (κ3) is 7.80.